The van der Waals surface area contributed by atoms with Gasteiger partial charge in [-0.2, -0.15) is 5.10 Å². The molecule has 3 heterocycles. The zero-order chi connectivity index (χ0) is 29.7. The molecule has 0 amide bonds. The molecule has 0 radical (unpaired) electrons. The van der Waals surface area contributed by atoms with Crippen molar-refractivity contribution in [2.45, 2.75) is 56.8 Å². The number of halogens is 2. The summed E-state index contributed by atoms with van der Waals surface area (Å²) in [4.78, 5) is 15.2. The second kappa shape index (κ2) is 11.8. The maximum absolute atomic E-state index is 12.8. The van der Waals surface area contributed by atoms with Crippen molar-refractivity contribution in [2.75, 3.05) is 36.2 Å². The van der Waals surface area contributed by atoms with Gasteiger partial charge in [-0.1, -0.05) is 29.3 Å². The van der Waals surface area contributed by atoms with Crippen LogP contribution in [0.1, 0.15) is 59.6 Å². The number of piperidine rings is 1. The van der Waals surface area contributed by atoms with Gasteiger partial charge in [-0.25, -0.2) is 13.1 Å². The summed E-state index contributed by atoms with van der Waals surface area (Å²) in [6.07, 6.45) is 7.12. The molecule has 43 heavy (non-hydrogen) atoms. The molecule has 1 unspecified atom stereocenters. The third-order valence-corrected chi connectivity index (χ3v) is 11.7. The summed E-state index contributed by atoms with van der Waals surface area (Å²) in [6.45, 7) is 2.38. The van der Waals surface area contributed by atoms with Crippen LogP contribution in [0, 0.1) is 11.8 Å². The second-order valence-corrected chi connectivity index (χ2v) is 15.4. The fourth-order valence-corrected chi connectivity index (χ4v) is 9.24. The fraction of sp³-hybridized carbons (Fsp3) is 0.500. The Bertz CT molecular complexity index is 1600. The number of carbonyl (C=O) groups excluding carboxylic acids is 1. The van der Waals surface area contributed by atoms with Crippen LogP contribution in [0.25, 0.3) is 5.69 Å². The summed E-state index contributed by atoms with van der Waals surface area (Å²) in [6, 6.07) is 13.2. The van der Waals surface area contributed by atoms with Crippen LogP contribution in [0.3, 0.4) is 0 Å². The molecule has 11 heteroatoms. The number of benzene rings is 2. The molecule has 3 aromatic rings. The molecule has 1 aromatic heterocycles. The number of hydrogen-bond donors (Lipinski definition) is 0. The third-order valence-electron chi connectivity index (χ3n) is 9.36. The minimum absolute atomic E-state index is 0.00882. The molecule has 0 N–H and O–H groups in total. The van der Waals surface area contributed by atoms with Crippen molar-refractivity contribution in [3.63, 3.8) is 0 Å². The van der Waals surface area contributed by atoms with Crippen LogP contribution in [-0.2, 0) is 25.9 Å². The molecule has 4 fully saturated rings. The molecule has 0 spiro atoms. The highest BCUT2D eigenvalue weighted by Gasteiger charge is 2.45. The molecular formula is C32H35Cl2N3O5S. The summed E-state index contributed by atoms with van der Waals surface area (Å²) in [5.41, 5.74) is 4.42. The number of carbonyl (C=O) groups is 1. The third kappa shape index (κ3) is 6.12. The average molecular weight is 645 g/mol. The van der Waals surface area contributed by atoms with E-state index in [-0.39, 0.29) is 23.6 Å². The number of ether oxygens (including phenoxy) is 2. The Morgan fingerprint density at radius 3 is 2.47 bits per heavy atom. The maximum Gasteiger partial charge on any atom is 0.177 e. The van der Waals surface area contributed by atoms with Crippen molar-refractivity contribution in [2.24, 2.45) is 11.8 Å². The lowest BCUT2D eigenvalue weighted by Gasteiger charge is -2.33. The van der Waals surface area contributed by atoms with E-state index in [0.717, 1.165) is 50.0 Å². The van der Waals surface area contributed by atoms with Crippen molar-refractivity contribution in [1.82, 2.24) is 9.78 Å². The molecular weight excluding hydrogens is 609 g/mol. The number of fused-ring (bicyclic) bond motifs is 2. The van der Waals surface area contributed by atoms with Gasteiger partial charge in [0.2, 0.25) is 0 Å². The van der Waals surface area contributed by atoms with Crippen LogP contribution in [0.2, 0.25) is 10.0 Å². The predicted molar refractivity (Wildman–Crippen MR) is 166 cm³/mol. The summed E-state index contributed by atoms with van der Waals surface area (Å²) >= 11 is 13.1. The molecule has 2 bridgehead atoms. The molecule has 4 aliphatic rings. The van der Waals surface area contributed by atoms with Crippen LogP contribution in [0.5, 0.6) is 0 Å². The number of Topliss-reactive ketones (excluding diaryl/α,β-unsaturated/α-hetero) is 1. The van der Waals surface area contributed by atoms with E-state index in [1.165, 1.54) is 5.56 Å². The lowest BCUT2D eigenvalue weighted by Crippen LogP contribution is -2.38. The number of rotatable bonds is 11. The minimum Gasteiger partial charge on any atom is -0.381 e. The first kappa shape index (κ1) is 29.3. The van der Waals surface area contributed by atoms with Gasteiger partial charge in [0, 0.05) is 36.4 Å². The molecule has 2 aromatic carbocycles. The van der Waals surface area contributed by atoms with E-state index in [0.29, 0.717) is 59.0 Å². The Balaban J connectivity index is 0.977. The van der Waals surface area contributed by atoms with E-state index in [1.807, 2.05) is 41.2 Å². The summed E-state index contributed by atoms with van der Waals surface area (Å²) in [5, 5.41) is 5.79. The van der Waals surface area contributed by atoms with E-state index >= 15 is 0 Å². The van der Waals surface area contributed by atoms with E-state index in [2.05, 4.69) is 10.00 Å². The molecule has 2 aliphatic heterocycles. The first-order valence-electron chi connectivity index (χ1n) is 15.1. The number of anilines is 1. The van der Waals surface area contributed by atoms with E-state index in [4.69, 9.17) is 32.7 Å². The first-order chi connectivity index (χ1) is 20.8. The monoisotopic (exact) mass is 643 g/mol. The van der Waals surface area contributed by atoms with Crippen molar-refractivity contribution in [3.05, 3.63) is 75.5 Å². The molecule has 228 valence electrons. The van der Waals surface area contributed by atoms with Crippen LogP contribution in [-0.4, -0.2) is 67.4 Å². The standard InChI is InChI=1S/C32H35Cl2N3O5S/c33-27-2-1-3-28(34)32(27)37-29(26(14-35-37)21-4-5-21)17-42-31-13-25-12-23(31)15-36(25)24-8-6-22(7-9-24)30(38)19-43(39,40)18-20-10-11-41-16-20/h1-3,6-9,14,20-21,23,25,31H,4-5,10-13,15-19H2/t20?,23-,25-,31+/m0/s1. The Hall–Kier alpha value is -2.43. The minimum atomic E-state index is -3.47. The topological polar surface area (TPSA) is 90.7 Å². The number of nitrogens with zero attached hydrogens (tertiary/aromatic N) is 3. The smallest absolute Gasteiger partial charge is 0.177 e. The van der Waals surface area contributed by atoms with E-state index in [9.17, 15) is 13.2 Å². The zero-order valence-electron chi connectivity index (χ0n) is 23.8. The highest BCUT2D eigenvalue weighted by atomic mass is 35.5. The maximum atomic E-state index is 12.8. The van der Waals surface area contributed by atoms with Gasteiger partial charge in [0.15, 0.2) is 15.6 Å². The summed E-state index contributed by atoms with van der Waals surface area (Å²) < 4.78 is 38.8. The van der Waals surface area contributed by atoms with E-state index in [1.54, 1.807) is 12.1 Å². The molecule has 2 aliphatic carbocycles. The number of sulfone groups is 1. The fourth-order valence-electron chi connectivity index (χ4n) is 7.02. The van der Waals surface area contributed by atoms with Gasteiger partial charge in [-0.05, 0) is 85.9 Å². The van der Waals surface area contributed by atoms with E-state index < -0.39 is 15.6 Å². The van der Waals surface area contributed by atoms with Crippen LogP contribution in [0.15, 0.2) is 48.7 Å². The quantitative estimate of drug-likeness (QED) is 0.241. The largest absolute Gasteiger partial charge is 0.381 e. The highest BCUT2D eigenvalue weighted by Crippen LogP contribution is 2.45. The van der Waals surface area contributed by atoms with Gasteiger partial charge < -0.3 is 14.4 Å². The van der Waals surface area contributed by atoms with Gasteiger partial charge in [0.1, 0.15) is 11.4 Å². The Labute approximate surface area is 262 Å². The average Bonchev–Trinajstić information content (AvgIpc) is 3.31. The number of hydrogen-bond acceptors (Lipinski definition) is 7. The number of ketones is 1. The normalized spacial score (nSPS) is 25.1. The van der Waals surface area contributed by atoms with Crippen molar-refractivity contribution in [3.8, 4) is 5.69 Å². The highest BCUT2D eigenvalue weighted by molar-refractivity contribution is 7.92. The number of aromatic nitrogens is 2. The van der Waals surface area contributed by atoms with Gasteiger partial charge in [-0.3, -0.25) is 4.79 Å². The molecule has 2 saturated carbocycles. The van der Waals surface area contributed by atoms with Gasteiger partial charge in [-0.15, -0.1) is 0 Å². The van der Waals surface area contributed by atoms with Crippen LogP contribution in [0.4, 0.5) is 5.69 Å². The number of para-hydroxylation sites is 1. The molecule has 2 saturated heterocycles. The summed E-state index contributed by atoms with van der Waals surface area (Å²) in [5.74, 6) is 0.100. The van der Waals surface area contributed by atoms with Crippen LogP contribution < -0.4 is 4.90 Å². The predicted octanol–water partition coefficient (Wildman–Crippen LogP) is 5.87. The van der Waals surface area contributed by atoms with Gasteiger partial charge in [0.05, 0.1) is 47.0 Å². The Morgan fingerprint density at radius 2 is 1.81 bits per heavy atom. The summed E-state index contributed by atoms with van der Waals surface area (Å²) in [7, 11) is -3.47. The molecule has 7 rings (SSSR count). The molecule has 8 nitrogen and oxygen atoms in total. The zero-order valence-corrected chi connectivity index (χ0v) is 26.2. The second-order valence-electron chi connectivity index (χ2n) is 12.4. The van der Waals surface area contributed by atoms with Gasteiger partial charge >= 0.3 is 0 Å². The Kier molecular flexibility index (Phi) is 8.05. The van der Waals surface area contributed by atoms with Crippen molar-refractivity contribution in [1.29, 1.82) is 0 Å². The van der Waals surface area contributed by atoms with Crippen molar-refractivity contribution < 1.29 is 22.7 Å². The lowest BCUT2D eigenvalue weighted by molar-refractivity contribution is 0.00993. The van der Waals surface area contributed by atoms with Crippen LogP contribution >= 0.6 is 23.2 Å². The Morgan fingerprint density at radius 1 is 1.05 bits per heavy atom. The van der Waals surface area contributed by atoms with Gasteiger partial charge in [0.25, 0.3) is 0 Å². The van der Waals surface area contributed by atoms with Crippen molar-refractivity contribution >= 4 is 44.5 Å². The first-order valence-corrected chi connectivity index (χ1v) is 17.6. The lowest BCUT2D eigenvalue weighted by atomic mass is 10.0. The SMILES string of the molecule is O=C(CS(=O)(=O)CC1CCOC1)c1ccc(N2C[C@@H]3C[C@H]2C[C@H]3OCc2c(C3CC3)cnn2-c2c(Cl)cccc2Cl)cc1. The molecule has 4 atom stereocenters.